The molecule has 0 atom stereocenters. The standard InChI is InChI=1S/2C19H18NO.2C18H16NO.4C11H20O2.4Ir/c1-12-5-8-17(14(3)13(12)2)19-9-6-15-11-16(21-4)7-10-18(15)20-19;1-12-9-13(2)14(3)17(10-12)19-7-5-15-11-16(21-4)6-8-18(15)20-19;1-12-4-7-16(13(2)10-12)18-8-5-14-11-15(20-3)6-9-17(14)19-18;1-12-5-4-6-16(13(12)2)18-9-7-14-11-15(20-3)8-10-17(14)19-18;4*1-10(2,3)8(12)7-9(13)11(4,5)6;;;;/h5-7,9-11H,1-4H3;5-9,11H,1-4H3;4-6,8-11H,1-3H3;4-5,7-11H,1-3H3;4*7,12H,1-6H3;;;;/q4*-1;;;;;;;;. The average molecular weight is 2580 g/mol. The molecule has 4 aromatic heterocycles. The SMILES string of the molecule is CC(C)(C)C(=O)C=C(O)C(C)(C)C.CC(C)(C)C(=O)C=C(O)C(C)(C)C.CC(C)(C)C(=O)C=C(O)C(C)(C)C.CC(C)(C)C(=O)C=C(O)C(C)(C)C.COc1ccc2nc(-c3[c-]c(C)cc(C)c3C)ccc2c1.COc1ccc2nc(-c3[c-]cc(C)c(C)c3C)ccc2c1.COc1ccc2nc(-c3[c-]cc(C)cc3C)ccc2c1.COc1ccc2nc(-c3[c-]ccc(C)c3C)ccc2c1.[Ir].[Ir].[Ir].[Ir]. The van der Waals surface area contributed by atoms with Crippen molar-refractivity contribution in [2.24, 2.45) is 43.3 Å². The Morgan fingerprint density at radius 1 is 0.275 bits per heavy atom. The minimum atomic E-state index is -0.417. The van der Waals surface area contributed by atoms with Gasteiger partial charge in [-0.05, 0) is 95.6 Å². The van der Waals surface area contributed by atoms with Crippen molar-refractivity contribution in [1.29, 1.82) is 0 Å². The molecule has 0 amide bonds. The van der Waals surface area contributed by atoms with Gasteiger partial charge in [-0.15, -0.1) is 139 Å². The van der Waals surface area contributed by atoms with E-state index in [1.54, 1.807) is 28.4 Å². The van der Waals surface area contributed by atoms with Crippen molar-refractivity contribution < 1.29 is 139 Å². The second-order valence-corrected chi connectivity index (χ2v) is 42.2. The molecule has 0 saturated carbocycles. The number of aryl methyl sites for hydroxylation is 6. The van der Waals surface area contributed by atoms with Gasteiger partial charge in [-0.25, -0.2) is 0 Å². The van der Waals surface area contributed by atoms with Crippen molar-refractivity contribution in [3.8, 4) is 68.0 Å². The molecule has 0 bridgehead atoms. The van der Waals surface area contributed by atoms with E-state index < -0.39 is 21.7 Å². The van der Waals surface area contributed by atoms with Crippen molar-refractivity contribution in [3.05, 3.63) is 285 Å². The van der Waals surface area contributed by atoms with Gasteiger partial charge in [0.2, 0.25) is 0 Å². The number of aliphatic hydroxyl groups is 4. The monoisotopic (exact) mass is 2580 g/mol. The van der Waals surface area contributed by atoms with E-state index >= 15 is 0 Å². The summed E-state index contributed by atoms with van der Waals surface area (Å²) in [5, 5.41) is 42.6. The maximum atomic E-state index is 11.5. The number of aliphatic hydroxyl groups excluding tert-OH is 4. The first-order valence-electron chi connectivity index (χ1n) is 45.3. The normalized spacial score (nSPS) is 11.9. The number of methoxy groups -OCH3 is 4. The number of nitrogens with zero attached hydrogens (tertiary/aromatic N) is 4. The predicted octanol–water partition coefficient (Wildman–Crippen LogP) is 30.3. The number of hydrogen-bond donors (Lipinski definition) is 4. The van der Waals surface area contributed by atoms with Gasteiger partial charge in [-0.1, -0.05) is 284 Å². The third-order valence-corrected chi connectivity index (χ3v) is 22.2. The first kappa shape index (κ1) is 126. The number of rotatable bonds is 12. The number of ketones is 4. The molecule has 0 aliphatic rings. The van der Waals surface area contributed by atoms with Crippen molar-refractivity contribution in [2.45, 2.75) is 235 Å². The van der Waals surface area contributed by atoms with Crippen LogP contribution >= 0.6 is 0 Å². The molecule has 16 nitrogen and oxygen atoms in total. The summed E-state index contributed by atoms with van der Waals surface area (Å²) in [6, 6.07) is 66.0. The number of fused-ring (bicyclic) bond motifs is 4. The molecule has 12 rings (SSSR count). The van der Waals surface area contributed by atoms with Crippen LogP contribution in [-0.4, -0.2) is 91.9 Å². The number of aromatic nitrogens is 4. The smallest absolute Gasteiger partial charge is 0.164 e. The van der Waals surface area contributed by atoms with Crippen LogP contribution < -0.4 is 18.9 Å². The summed E-state index contributed by atoms with van der Waals surface area (Å²) in [7, 11) is 6.70. The molecule has 0 fully saturated rings. The van der Waals surface area contributed by atoms with E-state index in [1.165, 1.54) is 74.4 Å². The summed E-state index contributed by atoms with van der Waals surface area (Å²) in [6.45, 7) is 65.6. The van der Waals surface area contributed by atoms with Crippen molar-refractivity contribution >= 4 is 66.7 Å². The molecule has 4 heterocycles. The van der Waals surface area contributed by atoms with Crippen molar-refractivity contribution in [2.75, 3.05) is 28.4 Å². The maximum Gasteiger partial charge on any atom is 0.164 e. The summed E-state index contributed by atoms with van der Waals surface area (Å²) >= 11 is 0. The van der Waals surface area contributed by atoms with Crippen LogP contribution in [0.5, 0.6) is 23.0 Å². The fourth-order valence-electron chi connectivity index (χ4n) is 12.0. The number of carbonyl (C=O) groups is 4. The number of pyridine rings is 4. The second-order valence-electron chi connectivity index (χ2n) is 42.2. The second kappa shape index (κ2) is 53.6. The van der Waals surface area contributed by atoms with Crippen LogP contribution in [0, 0.1) is 137 Å². The molecule has 8 aromatic carbocycles. The van der Waals surface area contributed by atoms with Crippen LogP contribution in [0.1, 0.15) is 222 Å². The molecular formula is C118H148Ir4N4O12-4. The molecule has 12 aromatic rings. The summed E-state index contributed by atoms with van der Waals surface area (Å²) in [6.07, 6.45) is 5.33. The molecule has 20 heteroatoms. The Balaban J connectivity index is 0.000000794. The molecule has 4 N–H and O–H groups in total. The number of ether oxygens (including phenoxy) is 4. The Kier molecular flexibility index (Phi) is 49.0. The quantitative estimate of drug-likeness (QED) is 0.0505. The van der Waals surface area contributed by atoms with E-state index in [4.69, 9.17) is 38.9 Å². The number of hydrogen-bond acceptors (Lipinski definition) is 16. The number of allylic oxidation sites excluding steroid dienone is 8. The van der Waals surface area contributed by atoms with Gasteiger partial charge in [0.1, 0.15) is 46.0 Å². The molecule has 0 aliphatic carbocycles. The van der Waals surface area contributed by atoms with E-state index in [2.05, 4.69) is 148 Å². The van der Waals surface area contributed by atoms with Gasteiger partial charge in [0.15, 0.2) is 23.1 Å². The van der Waals surface area contributed by atoms with Gasteiger partial charge in [-0.2, -0.15) is 0 Å². The van der Waals surface area contributed by atoms with Gasteiger partial charge in [0, 0.05) is 170 Å². The Bertz CT molecular complexity index is 6080. The van der Waals surface area contributed by atoms with Crippen LogP contribution in [0.2, 0.25) is 0 Å². The van der Waals surface area contributed by atoms with Gasteiger partial charge in [0.25, 0.3) is 0 Å². The zero-order valence-corrected chi connectivity index (χ0v) is 98.1. The first-order valence-corrected chi connectivity index (χ1v) is 45.3. The molecule has 0 unspecified atom stereocenters. The zero-order valence-electron chi connectivity index (χ0n) is 88.5. The number of benzene rings is 8. The zero-order chi connectivity index (χ0) is 102. The Morgan fingerprint density at radius 2 is 0.543 bits per heavy atom. The molecule has 752 valence electrons. The van der Waals surface area contributed by atoms with Gasteiger partial charge >= 0.3 is 0 Å². The topological polar surface area (TPSA) is 238 Å². The molecule has 4 radical (unpaired) electrons. The molecule has 138 heavy (non-hydrogen) atoms. The molecule has 0 aliphatic heterocycles. The molecule has 0 spiro atoms. The Morgan fingerprint density at radius 3 is 0.819 bits per heavy atom. The number of carbonyl (C=O) groups excluding carboxylic acids is 4. The van der Waals surface area contributed by atoms with Crippen LogP contribution in [0.25, 0.3) is 88.6 Å². The maximum absolute atomic E-state index is 11.5. The summed E-state index contributed by atoms with van der Waals surface area (Å²) in [4.78, 5) is 64.9. The third kappa shape index (κ3) is 38.6. The predicted molar refractivity (Wildman–Crippen MR) is 556 cm³/mol. The fraction of sp³-hybridized carbons (Fsp3) is 0.390. The van der Waals surface area contributed by atoms with Gasteiger partial charge < -0.3 is 39.4 Å². The van der Waals surface area contributed by atoms with Crippen LogP contribution in [-0.2, 0) is 99.6 Å². The summed E-state index contributed by atoms with van der Waals surface area (Å²) in [5.41, 5.74) is 21.4. The Labute approximate surface area is 878 Å². The van der Waals surface area contributed by atoms with Gasteiger partial charge in [0.05, 0.1) is 50.5 Å². The fourth-order valence-corrected chi connectivity index (χ4v) is 12.0. The van der Waals surface area contributed by atoms with E-state index in [0.29, 0.717) is 0 Å². The van der Waals surface area contributed by atoms with E-state index in [1.807, 2.05) is 269 Å². The largest absolute Gasteiger partial charge is 0.512 e. The van der Waals surface area contributed by atoms with Crippen LogP contribution in [0.4, 0.5) is 0 Å². The van der Waals surface area contributed by atoms with E-state index in [-0.39, 0.29) is 148 Å². The van der Waals surface area contributed by atoms with E-state index in [0.717, 1.165) is 117 Å². The summed E-state index contributed by atoms with van der Waals surface area (Å²) < 4.78 is 21.0. The minimum absolute atomic E-state index is 0. The average Bonchev–Trinajstić information content (AvgIpc) is 0.799. The Hall–Kier alpha value is -9.96. The van der Waals surface area contributed by atoms with Crippen LogP contribution in [0.15, 0.2) is 205 Å². The third-order valence-electron chi connectivity index (χ3n) is 22.2. The van der Waals surface area contributed by atoms with Gasteiger partial charge in [-0.3, -0.25) is 39.1 Å². The molecular weight excluding hydrogens is 2430 g/mol. The first-order chi connectivity index (χ1) is 61.7. The molecule has 0 saturated heterocycles. The van der Waals surface area contributed by atoms with E-state index in [9.17, 15) is 39.6 Å². The minimum Gasteiger partial charge on any atom is -0.512 e. The van der Waals surface area contributed by atoms with Crippen molar-refractivity contribution in [3.63, 3.8) is 0 Å². The van der Waals surface area contributed by atoms with Crippen LogP contribution in [0.3, 0.4) is 0 Å². The summed E-state index contributed by atoms with van der Waals surface area (Å²) in [5.74, 6) is 3.83. The van der Waals surface area contributed by atoms with Crippen molar-refractivity contribution in [1.82, 2.24) is 19.9 Å².